The molecule has 1 saturated carbocycles. The van der Waals surface area contributed by atoms with Gasteiger partial charge >= 0.3 is 5.82 Å². The van der Waals surface area contributed by atoms with Crippen LogP contribution in [0.2, 0.25) is 0 Å². The van der Waals surface area contributed by atoms with Gasteiger partial charge in [0, 0.05) is 6.54 Å². The highest BCUT2D eigenvalue weighted by molar-refractivity contribution is 7.80. The topological polar surface area (TPSA) is 61.0 Å². The smallest absolute Gasteiger partial charge is 0.358 e. The molecular weight excluding hydrogens is 226 g/mol. The minimum atomic E-state index is -0.460. The molecule has 1 aliphatic carbocycles. The van der Waals surface area contributed by atoms with Crippen LogP contribution in [0.3, 0.4) is 0 Å². The van der Waals surface area contributed by atoms with Crippen LogP contribution >= 0.6 is 12.6 Å². The Bertz CT molecular complexity index is 385. The molecule has 1 heterocycles. The molecule has 0 unspecified atom stereocenters. The van der Waals surface area contributed by atoms with Crippen molar-refractivity contribution in [3.05, 3.63) is 22.6 Å². The first-order chi connectivity index (χ1) is 7.65. The molecule has 1 aromatic rings. The zero-order valence-electron chi connectivity index (χ0n) is 9.00. The molecule has 2 rings (SSSR count). The quantitative estimate of drug-likeness (QED) is 0.500. The fraction of sp³-hybridized carbons (Fsp3) is 0.700. The first kappa shape index (κ1) is 11.4. The summed E-state index contributed by atoms with van der Waals surface area (Å²) in [6, 6.07) is 0. The van der Waals surface area contributed by atoms with Crippen molar-refractivity contribution in [2.24, 2.45) is 5.41 Å². The summed E-state index contributed by atoms with van der Waals surface area (Å²) in [6.07, 6.45) is 7.82. The van der Waals surface area contributed by atoms with Gasteiger partial charge in [0.2, 0.25) is 6.33 Å². The lowest BCUT2D eigenvalue weighted by Crippen LogP contribution is -2.24. The summed E-state index contributed by atoms with van der Waals surface area (Å²) in [4.78, 5) is 13.8. The molecule has 1 aliphatic rings. The Morgan fingerprint density at radius 1 is 1.56 bits per heavy atom. The van der Waals surface area contributed by atoms with E-state index >= 15 is 0 Å². The van der Waals surface area contributed by atoms with E-state index in [1.54, 1.807) is 6.33 Å². The van der Waals surface area contributed by atoms with Crippen molar-refractivity contribution >= 4 is 18.4 Å². The monoisotopic (exact) mass is 241 g/mol. The predicted molar refractivity (Wildman–Crippen MR) is 63.6 cm³/mol. The molecule has 1 aromatic heterocycles. The standard InChI is InChI=1S/C10H15N3O2S/c14-13(15)9-5-12(8-11-9)6-10(7-16)3-1-2-4-10/h5,8,16H,1-4,6-7H2. The van der Waals surface area contributed by atoms with E-state index in [0.29, 0.717) is 0 Å². The predicted octanol–water partition coefficient (Wildman–Crippen LogP) is 2.28. The van der Waals surface area contributed by atoms with Crippen LogP contribution in [0.5, 0.6) is 0 Å². The Hall–Kier alpha value is -1.04. The third kappa shape index (κ3) is 2.21. The Kier molecular flexibility index (Phi) is 3.18. The number of hydrogen-bond acceptors (Lipinski definition) is 4. The molecule has 5 nitrogen and oxygen atoms in total. The van der Waals surface area contributed by atoms with E-state index in [-0.39, 0.29) is 11.2 Å². The summed E-state index contributed by atoms with van der Waals surface area (Å²) >= 11 is 4.41. The Balaban J connectivity index is 2.10. The number of nitro groups is 1. The van der Waals surface area contributed by atoms with Crippen molar-refractivity contribution in [1.29, 1.82) is 0 Å². The number of aromatic nitrogens is 2. The maximum absolute atomic E-state index is 10.5. The van der Waals surface area contributed by atoms with Crippen molar-refractivity contribution < 1.29 is 4.92 Å². The molecule has 0 N–H and O–H groups in total. The van der Waals surface area contributed by atoms with Crippen LogP contribution in [0.4, 0.5) is 5.82 Å². The highest BCUT2D eigenvalue weighted by atomic mass is 32.1. The molecule has 0 saturated heterocycles. The summed E-state index contributed by atoms with van der Waals surface area (Å²) in [6.45, 7) is 0.789. The maximum Gasteiger partial charge on any atom is 0.381 e. The fourth-order valence-electron chi connectivity index (χ4n) is 2.41. The average Bonchev–Trinajstić information content (AvgIpc) is 2.88. The molecule has 0 aromatic carbocycles. The van der Waals surface area contributed by atoms with Gasteiger partial charge in [-0.15, -0.1) is 0 Å². The van der Waals surface area contributed by atoms with Gasteiger partial charge < -0.3 is 14.7 Å². The van der Waals surface area contributed by atoms with Crippen molar-refractivity contribution in [2.75, 3.05) is 5.75 Å². The first-order valence-electron chi connectivity index (χ1n) is 5.42. The zero-order chi connectivity index (χ0) is 11.6. The Morgan fingerprint density at radius 3 is 2.75 bits per heavy atom. The molecule has 1 fully saturated rings. The third-order valence-electron chi connectivity index (χ3n) is 3.32. The van der Waals surface area contributed by atoms with Crippen LogP contribution in [-0.2, 0) is 6.54 Å². The molecule has 0 radical (unpaired) electrons. The summed E-state index contributed by atoms with van der Waals surface area (Å²) < 4.78 is 1.82. The molecule has 0 spiro atoms. The van der Waals surface area contributed by atoms with Crippen LogP contribution in [0.1, 0.15) is 25.7 Å². The minimum absolute atomic E-state index is 0.0766. The summed E-state index contributed by atoms with van der Waals surface area (Å²) in [7, 11) is 0. The van der Waals surface area contributed by atoms with Gasteiger partial charge in [0.15, 0.2) is 0 Å². The zero-order valence-corrected chi connectivity index (χ0v) is 9.90. The second-order valence-electron chi connectivity index (χ2n) is 4.53. The normalized spacial score (nSPS) is 18.8. The molecule has 0 amide bonds. The van der Waals surface area contributed by atoms with Crippen LogP contribution < -0.4 is 0 Å². The minimum Gasteiger partial charge on any atom is -0.358 e. The van der Waals surface area contributed by atoms with E-state index in [2.05, 4.69) is 17.6 Å². The Labute approximate surface area is 99.4 Å². The van der Waals surface area contributed by atoms with Gasteiger partial charge in [-0.3, -0.25) is 0 Å². The van der Waals surface area contributed by atoms with Gasteiger partial charge in [-0.1, -0.05) is 12.8 Å². The molecular formula is C10H15N3O2S. The van der Waals surface area contributed by atoms with Crippen molar-refractivity contribution in [3.8, 4) is 0 Å². The van der Waals surface area contributed by atoms with Gasteiger partial charge in [-0.05, 0) is 33.9 Å². The lowest BCUT2D eigenvalue weighted by atomic mass is 9.88. The number of thiol groups is 1. The lowest BCUT2D eigenvalue weighted by Gasteiger charge is -2.26. The van der Waals surface area contributed by atoms with E-state index < -0.39 is 4.92 Å². The van der Waals surface area contributed by atoms with Crippen LogP contribution in [0, 0.1) is 15.5 Å². The number of nitrogens with zero attached hydrogens (tertiary/aromatic N) is 3. The molecule has 16 heavy (non-hydrogen) atoms. The molecule has 6 heteroatoms. The van der Waals surface area contributed by atoms with Gasteiger partial charge in [0.05, 0.1) is 0 Å². The molecule has 0 aliphatic heterocycles. The van der Waals surface area contributed by atoms with E-state index in [1.807, 2.05) is 4.57 Å². The Morgan fingerprint density at radius 2 is 2.25 bits per heavy atom. The van der Waals surface area contributed by atoms with Gasteiger partial charge in [0.25, 0.3) is 0 Å². The fourth-order valence-corrected chi connectivity index (χ4v) is 2.82. The largest absolute Gasteiger partial charge is 0.381 e. The van der Waals surface area contributed by atoms with Crippen molar-refractivity contribution in [2.45, 2.75) is 32.2 Å². The lowest BCUT2D eigenvalue weighted by molar-refractivity contribution is -0.389. The highest BCUT2D eigenvalue weighted by Crippen LogP contribution is 2.40. The van der Waals surface area contributed by atoms with Crippen LogP contribution in [-0.4, -0.2) is 20.2 Å². The van der Waals surface area contributed by atoms with Gasteiger partial charge in [-0.2, -0.15) is 12.6 Å². The SMILES string of the molecule is O=[N+]([O-])c1cn(CC2(CS)CCCC2)cn1. The summed E-state index contributed by atoms with van der Waals surface area (Å²) in [5, 5.41) is 10.5. The third-order valence-corrected chi connectivity index (χ3v) is 4.00. The van der Waals surface area contributed by atoms with E-state index in [1.165, 1.54) is 19.0 Å². The summed E-state index contributed by atoms with van der Waals surface area (Å²) in [5.41, 5.74) is 0.206. The maximum atomic E-state index is 10.5. The molecule has 0 bridgehead atoms. The van der Waals surface area contributed by atoms with Gasteiger partial charge in [0.1, 0.15) is 6.20 Å². The first-order valence-corrected chi connectivity index (χ1v) is 6.05. The average molecular weight is 241 g/mol. The van der Waals surface area contributed by atoms with Crippen molar-refractivity contribution in [3.63, 3.8) is 0 Å². The number of hydrogen-bond donors (Lipinski definition) is 1. The second-order valence-corrected chi connectivity index (χ2v) is 4.84. The number of rotatable bonds is 4. The summed E-state index contributed by atoms with van der Waals surface area (Å²) in [5.74, 6) is 0.756. The van der Waals surface area contributed by atoms with Crippen LogP contribution in [0.25, 0.3) is 0 Å². The van der Waals surface area contributed by atoms with Gasteiger partial charge in [-0.25, -0.2) is 0 Å². The molecule has 88 valence electrons. The van der Waals surface area contributed by atoms with E-state index in [0.717, 1.165) is 25.1 Å². The van der Waals surface area contributed by atoms with Crippen molar-refractivity contribution in [1.82, 2.24) is 9.55 Å². The van der Waals surface area contributed by atoms with E-state index in [9.17, 15) is 10.1 Å². The van der Waals surface area contributed by atoms with Crippen LogP contribution in [0.15, 0.2) is 12.5 Å². The highest BCUT2D eigenvalue weighted by Gasteiger charge is 2.33. The number of imidazole rings is 1. The molecule has 0 atom stereocenters. The van der Waals surface area contributed by atoms with E-state index in [4.69, 9.17) is 0 Å². The second kappa shape index (κ2) is 4.45.